The standard InChI is InChI=1S/C32H22N2O5/c1-19-16-24(14-15-26(19)34-31(36)29-18-23-7-3-4-8-27(23)38-29)33-30(35)21-12-10-20(11-13-21)25-17-22-6-2-5-9-28(22)39-32(25)37/h2-18H,1H3,(H,33,35)(H,34,36). The molecule has 0 spiro atoms. The van der Waals surface area contributed by atoms with Crippen molar-refractivity contribution < 1.29 is 18.4 Å². The number of nitrogens with one attached hydrogen (secondary N) is 2. The van der Waals surface area contributed by atoms with Crippen LogP contribution in [-0.2, 0) is 0 Å². The summed E-state index contributed by atoms with van der Waals surface area (Å²) in [7, 11) is 0. The number of furan rings is 1. The average Bonchev–Trinajstić information content (AvgIpc) is 3.39. The highest BCUT2D eigenvalue weighted by Gasteiger charge is 2.15. The number of hydrogen-bond acceptors (Lipinski definition) is 5. The average molecular weight is 515 g/mol. The molecule has 7 heteroatoms. The summed E-state index contributed by atoms with van der Waals surface area (Å²) < 4.78 is 11.1. The minimum Gasteiger partial charge on any atom is -0.451 e. The summed E-state index contributed by atoms with van der Waals surface area (Å²) in [4.78, 5) is 38.0. The van der Waals surface area contributed by atoms with Crippen molar-refractivity contribution in [2.24, 2.45) is 0 Å². The van der Waals surface area contributed by atoms with E-state index in [4.69, 9.17) is 8.83 Å². The first-order valence-corrected chi connectivity index (χ1v) is 12.3. The van der Waals surface area contributed by atoms with Gasteiger partial charge in [-0.15, -0.1) is 0 Å². The summed E-state index contributed by atoms with van der Waals surface area (Å²) in [6.45, 7) is 1.84. The normalized spacial score (nSPS) is 11.0. The fourth-order valence-corrected chi connectivity index (χ4v) is 4.43. The predicted molar refractivity (Wildman–Crippen MR) is 151 cm³/mol. The summed E-state index contributed by atoms with van der Waals surface area (Å²) in [5.74, 6) is -0.435. The topological polar surface area (TPSA) is 102 Å². The summed E-state index contributed by atoms with van der Waals surface area (Å²) in [5.41, 5.74) is 4.22. The monoisotopic (exact) mass is 514 g/mol. The van der Waals surface area contributed by atoms with Crippen molar-refractivity contribution >= 4 is 45.1 Å². The Morgan fingerprint density at radius 2 is 1.33 bits per heavy atom. The molecule has 0 aliphatic rings. The van der Waals surface area contributed by atoms with Crippen molar-refractivity contribution in [2.45, 2.75) is 6.92 Å². The third-order valence-corrected chi connectivity index (χ3v) is 6.48. The van der Waals surface area contributed by atoms with Gasteiger partial charge in [-0.25, -0.2) is 4.79 Å². The molecule has 2 heterocycles. The predicted octanol–water partition coefficient (Wildman–Crippen LogP) is 7.02. The Kier molecular flexibility index (Phi) is 6.01. The molecule has 4 aromatic carbocycles. The Balaban J connectivity index is 1.15. The molecule has 0 radical (unpaired) electrons. The van der Waals surface area contributed by atoms with Crippen molar-refractivity contribution in [2.75, 3.05) is 10.6 Å². The fraction of sp³-hybridized carbons (Fsp3) is 0.0312. The number of hydrogen-bond donors (Lipinski definition) is 2. The number of carbonyl (C=O) groups is 2. The van der Waals surface area contributed by atoms with E-state index in [0.717, 1.165) is 16.3 Å². The van der Waals surface area contributed by atoms with Gasteiger partial charge in [0.05, 0.1) is 5.56 Å². The number of anilines is 2. The molecule has 0 bridgehead atoms. The summed E-state index contributed by atoms with van der Waals surface area (Å²) in [5, 5.41) is 7.41. The van der Waals surface area contributed by atoms with Gasteiger partial charge in [0.15, 0.2) is 5.76 Å². The second-order valence-electron chi connectivity index (χ2n) is 9.15. The Bertz CT molecular complexity index is 1900. The minimum atomic E-state index is -0.436. The minimum absolute atomic E-state index is 0.220. The van der Waals surface area contributed by atoms with E-state index < -0.39 is 5.63 Å². The molecule has 0 aliphatic carbocycles. The summed E-state index contributed by atoms with van der Waals surface area (Å²) >= 11 is 0. The van der Waals surface area contributed by atoms with E-state index in [2.05, 4.69) is 10.6 Å². The van der Waals surface area contributed by atoms with E-state index in [9.17, 15) is 14.4 Å². The lowest BCUT2D eigenvalue weighted by Gasteiger charge is -2.11. The zero-order valence-electron chi connectivity index (χ0n) is 20.9. The van der Waals surface area contributed by atoms with Crippen LogP contribution in [0.1, 0.15) is 26.5 Å². The maximum absolute atomic E-state index is 12.9. The first-order chi connectivity index (χ1) is 18.9. The van der Waals surface area contributed by atoms with Crippen molar-refractivity contribution in [3.05, 3.63) is 130 Å². The fourth-order valence-electron chi connectivity index (χ4n) is 4.43. The zero-order chi connectivity index (χ0) is 26.9. The van der Waals surface area contributed by atoms with Gasteiger partial charge in [0.2, 0.25) is 0 Å². The Morgan fingerprint density at radius 3 is 2.03 bits per heavy atom. The number of fused-ring (bicyclic) bond motifs is 2. The molecular weight excluding hydrogens is 492 g/mol. The molecule has 0 saturated heterocycles. The van der Waals surface area contributed by atoms with Gasteiger partial charge in [0.1, 0.15) is 11.2 Å². The van der Waals surface area contributed by atoms with E-state index in [1.165, 1.54) is 0 Å². The maximum atomic E-state index is 12.9. The van der Waals surface area contributed by atoms with Crippen LogP contribution in [0.3, 0.4) is 0 Å². The SMILES string of the molecule is Cc1cc(NC(=O)c2ccc(-c3cc4ccccc4oc3=O)cc2)ccc1NC(=O)c1cc2ccccc2o1. The third-order valence-electron chi connectivity index (χ3n) is 6.48. The molecule has 0 unspecified atom stereocenters. The van der Waals surface area contributed by atoms with Crippen LogP contribution in [0, 0.1) is 6.92 Å². The third kappa shape index (κ3) is 4.81. The molecule has 0 fully saturated rings. The van der Waals surface area contributed by atoms with Crippen LogP contribution in [0.4, 0.5) is 11.4 Å². The molecule has 39 heavy (non-hydrogen) atoms. The zero-order valence-corrected chi connectivity index (χ0v) is 20.9. The second kappa shape index (κ2) is 9.79. The number of aryl methyl sites for hydroxylation is 1. The highest BCUT2D eigenvalue weighted by atomic mass is 16.4. The number of benzene rings is 4. The van der Waals surface area contributed by atoms with Crippen LogP contribution in [0.15, 0.2) is 117 Å². The van der Waals surface area contributed by atoms with Gasteiger partial charge in [-0.1, -0.05) is 48.5 Å². The summed E-state index contributed by atoms with van der Waals surface area (Å²) in [6, 6.07) is 30.2. The molecular formula is C32H22N2O5. The molecule has 2 N–H and O–H groups in total. The van der Waals surface area contributed by atoms with Crippen molar-refractivity contribution in [1.82, 2.24) is 0 Å². The van der Waals surface area contributed by atoms with Crippen LogP contribution in [0.2, 0.25) is 0 Å². The van der Waals surface area contributed by atoms with Crippen molar-refractivity contribution in [3.8, 4) is 11.1 Å². The molecule has 2 amide bonds. The van der Waals surface area contributed by atoms with Gasteiger partial charge < -0.3 is 19.5 Å². The van der Waals surface area contributed by atoms with E-state index in [1.807, 2.05) is 49.4 Å². The van der Waals surface area contributed by atoms with Crippen LogP contribution in [-0.4, -0.2) is 11.8 Å². The van der Waals surface area contributed by atoms with Crippen LogP contribution >= 0.6 is 0 Å². The van der Waals surface area contributed by atoms with E-state index in [0.29, 0.717) is 39.2 Å². The molecule has 190 valence electrons. The van der Waals surface area contributed by atoms with Gasteiger partial charge >= 0.3 is 5.63 Å². The second-order valence-corrected chi connectivity index (χ2v) is 9.15. The Labute approximate surface area is 222 Å². The number of carbonyl (C=O) groups excluding carboxylic acids is 2. The van der Waals surface area contributed by atoms with E-state index in [-0.39, 0.29) is 17.6 Å². The highest BCUT2D eigenvalue weighted by molar-refractivity contribution is 6.06. The van der Waals surface area contributed by atoms with Crippen molar-refractivity contribution in [1.29, 1.82) is 0 Å². The van der Waals surface area contributed by atoms with Gasteiger partial charge in [0, 0.05) is 27.7 Å². The van der Waals surface area contributed by atoms with Crippen LogP contribution in [0.5, 0.6) is 0 Å². The lowest BCUT2D eigenvalue weighted by Crippen LogP contribution is -2.14. The highest BCUT2D eigenvalue weighted by Crippen LogP contribution is 2.25. The van der Waals surface area contributed by atoms with E-state index in [1.54, 1.807) is 60.7 Å². The lowest BCUT2D eigenvalue weighted by atomic mass is 10.0. The number of amides is 2. The molecule has 0 atom stereocenters. The molecule has 0 saturated carbocycles. The smallest absolute Gasteiger partial charge is 0.344 e. The van der Waals surface area contributed by atoms with Gasteiger partial charge in [-0.3, -0.25) is 9.59 Å². The molecule has 7 nitrogen and oxygen atoms in total. The quantitative estimate of drug-likeness (QED) is 0.241. The first-order valence-electron chi connectivity index (χ1n) is 12.3. The number of para-hydroxylation sites is 2. The van der Waals surface area contributed by atoms with Gasteiger partial charge in [-0.2, -0.15) is 0 Å². The summed E-state index contributed by atoms with van der Waals surface area (Å²) in [6.07, 6.45) is 0. The van der Waals surface area contributed by atoms with Gasteiger partial charge in [0.25, 0.3) is 11.8 Å². The Morgan fingerprint density at radius 1 is 0.667 bits per heavy atom. The lowest BCUT2D eigenvalue weighted by molar-refractivity contribution is 0.0996. The van der Waals surface area contributed by atoms with Crippen molar-refractivity contribution in [3.63, 3.8) is 0 Å². The molecule has 6 rings (SSSR count). The Hall–Kier alpha value is -5.43. The number of rotatable bonds is 5. The molecule has 6 aromatic rings. The first kappa shape index (κ1) is 23.9. The van der Waals surface area contributed by atoms with Crippen LogP contribution in [0.25, 0.3) is 33.1 Å². The largest absolute Gasteiger partial charge is 0.451 e. The van der Waals surface area contributed by atoms with Gasteiger partial charge in [-0.05, 0) is 72.6 Å². The molecule has 2 aromatic heterocycles. The van der Waals surface area contributed by atoms with E-state index >= 15 is 0 Å². The maximum Gasteiger partial charge on any atom is 0.344 e. The van der Waals surface area contributed by atoms with Crippen LogP contribution < -0.4 is 16.3 Å². The molecule has 0 aliphatic heterocycles.